The second kappa shape index (κ2) is 4.61. The molecule has 2 N–H and O–H groups in total. The molecule has 1 heterocycles. The minimum atomic E-state index is -0.470. The van der Waals surface area contributed by atoms with Crippen molar-refractivity contribution in [3.05, 3.63) is 42.2 Å². The van der Waals surface area contributed by atoms with E-state index in [1.165, 1.54) is 13.3 Å². The zero-order chi connectivity index (χ0) is 12.3. The van der Waals surface area contributed by atoms with E-state index in [1.54, 1.807) is 24.4 Å². The highest BCUT2D eigenvalue weighted by Crippen LogP contribution is 2.19. The first kappa shape index (κ1) is 11.1. The van der Waals surface area contributed by atoms with Crippen LogP contribution in [0.3, 0.4) is 0 Å². The maximum atomic E-state index is 11.1. The van der Waals surface area contributed by atoms with E-state index < -0.39 is 5.91 Å². The molecule has 5 nitrogen and oxygen atoms in total. The second-order valence-electron chi connectivity index (χ2n) is 3.39. The lowest BCUT2D eigenvalue weighted by molar-refractivity contribution is 0.100. The number of ether oxygens (including phenoxy) is 1. The number of methoxy groups -OCH3 is 1. The first-order valence-corrected chi connectivity index (χ1v) is 4.97. The van der Waals surface area contributed by atoms with Crippen LogP contribution >= 0.6 is 0 Å². The lowest BCUT2D eigenvalue weighted by Crippen LogP contribution is -2.10. The smallest absolute Gasteiger partial charge is 0.248 e. The van der Waals surface area contributed by atoms with Gasteiger partial charge in [-0.2, -0.15) is 0 Å². The second-order valence-corrected chi connectivity index (χ2v) is 3.39. The predicted octanol–water partition coefficient (Wildman–Crippen LogP) is 1.25. The Morgan fingerprint density at radius 3 is 2.88 bits per heavy atom. The number of aromatic nitrogens is 2. The van der Waals surface area contributed by atoms with Gasteiger partial charge in [0.15, 0.2) is 0 Å². The molecule has 5 heteroatoms. The molecule has 86 valence electrons. The molecule has 2 rings (SSSR count). The van der Waals surface area contributed by atoms with Crippen LogP contribution in [0, 0.1) is 0 Å². The average Bonchev–Trinajstić information content (AvgIpc) is 2.39. The van der Waals surface area contributed by atoms with Crippen molar-refractivity contribution in [1.29, 1.82) is 0 Å². The molecule has 1 amide bonds. The van der Waals surface area contributed by atoms with E-state index in [1.807, 2.05) is 6.07 Å². The summed E-state index contributed by atoms with van der Waals surface area (Å²) in [6, 6.07) is 6.90. The molecule has 0 unspecified atom stereocenters. The summed E-state index contributed by atoms with van der Waals surface area (Å²) in [5.41, 5.74) is 7.06. The fourth-order valence-electron chi connectivity index (χ4n) is 1.42. The van der Waals surface area contributed by atoms with E-state index in [4.69, 9.17) is 10.5 Å². The molecule has 1 aromatic heterocycles. The third-order valence-electron chi connectivity index (χ3n) is 2.26. The molecule has 0 spiro atoms. The minimum absolute atomic E-state index is 0.423. The topological polar surface area (TPSA) is 78.1 Å². The monoisotopic (exact) mass is 229 g/mol. The van der Waals surface area contributed by atoms with Crippen molar-refractivity contribution in [3.8, 4) is 17.1 Å². The van der Waals surface area contributed by atoms with E-state index in [0.29, 0.717) is 17.1 Å². The molecular formula is C12H11N3O2. The highest BCUT2D eigenvalue weighted by molar-refractivity contribution is 5.93. The Bertz CT molecular complexity index is 555. The molecule has 0 aliphatic carbocycles. The molecule has 0 aliphatic rings. The predicted molar refractivity (Wildman–Crippen MR) is 62.5 cm³/mol. The van der Waals surface area contributed by atoms with E-state index in [0.717, 1.165) is 5.56 Å². The third-order valence-corrected chi connectivity index (χ3v) is 2.26. The lowest BCUT2D eigenvalue weighted by Gasteiger charge is -2.04. The number of hydrogen-bond acceptors (Lipinski definition) is 4. The normalized spacial score (nSPS) is 9.94. The molecule has 0 fully saturated rings. The molecule has 2 aromatic rings. The van der Waals surface area contributed by atoms with Crippen LogP contribution in [-0.4, -0.2) is 23.0 Å². The molecular weight excluding hydrogens is 218 g/mol. The summed E-state index contributed by atoms with van der Waals surface area (Å²) in [5.74, 6) is -0.0466. The largest absolute Gasteiger partial charge is 0.480 e. The number of carbonyl (C=O) groups excluding carboxylic acids is 1. The summed E-state index contributed by atoms with van der Waals surface area (Å²) in [4.78, 5) is 19.3. The Balaban J connectivity index is 2.45. The van der Waals surface area contributed by atoms with Crippen molar-refractivity contribution < 1.29 is 9.53 Å². The van der Waals surface area contributed by atoms with Gasteiger partial charge >= 0.3 is 0 Å². The number of benzene rings is 1. The minimum Gasteiger partial charge on any atom is -0.480 e. The highest BCUT2D eigenvalue weighted by atomic mass is 16.5. The number of nitrogens with two attached hydrogens (primary N) is 1. The summed E-state index contributed by atoms with van der Waals surface area (Å²) in [6.07, 6.45) is 3.12. The quantitative estimate of drug-likeness (QED) is 0.859. The van der Waals surface area contributed by atoms with Crippen molar-refractivity contribution >= 4 is 5.91 Å². The Kier molecular flexibility index (Phi) is 3.00. The van der Waals surface area contributed by atoms with Gasteiger partial charge in [-0.25, -0.2) is 4.98 Å². The van der Waals surface area contributed by atoms with Crippen LogP contribution in [0.2, 0.25) is 0 Å². The number of rotatable bonds is 3. The maximum absolute atomic E-state index is 11.1. The van der Waals surface area contributed by atoms with Crippen LogP contribution < -0.4 is 10.5 Å². The first-order chi connectivity index (χ1) is 8.20. The fourth-order valence-corrected chi connectivity index (χ4v) is 1.42. The number of hydrogen-bond donors (Lipinski definition) is 1. The Morgan fingerprint density at radius 2 is 2.18 bits per heavy atom. The standard InChI is InChI=1S/C12H11N3O2/c1-17-11-7-14-6-10(15-11)8-3-2-4-9(5-8)12(13)16/h2-7H,1H3,(H2,13,16). The summed E-state index contributed by atoms with van der Waals surface area (Å²) >= 11 is 0. The van der Waals surface area contributed by atoms with E-state index >= 15 is 0 Å². The highest BCUT2D eigenvalue weighted by Gasteiger charge is 2.05. The van der Waals surface area contributed by atoms with Gasteiger partial charge in [0.25, 0.3) is 0 Å². The Morgan fingerprint density at radius 1 is 1.35 bits per heavy atom. The van der Waals surface area contributed by atoms with Crippen molar-refractivity contribution in [3.63, 3.8) is 0 Å². The van der Waals surface area contributed by atoms with E-state index in [2.05, 4.69) is 9.97 Å². The lowest BCUT2D eigenvalue weighted by atomic mass is 10.1. The van der Waals surface area contributed by atoms with E-state index in [9.17, 15) is 4.79 Å². The van der Waals surface area contributed by atoms with E-state index in [-0.39, 0.29) is 0 Å². The molecule has 0 saturated heterocycles. The summed E-state index contributed by atoms with van der Waals surface area (Å²) in [7, 11) is 1.52. The summed E-state index contributed by atoms with van der Waals surface area (Å²) < 4.78 is 4.99. The number of carbonyl (C=O) groups is 1. The average molecular weight is 229 g/mol. The molecule has 0 bridgehead atoms. The molecule has 0 atom stereocenters. The summed E-state index contributed by atoms with van der Waals surface area (Å²) in [6.45, 7) is 0. The third kappa shape index (κ3) is 2.39. The molecule has 1 aromatic carbocycles. The van der Waals surface area contributed by atoms with Crippen molar-refractivity contribution in [1.82, 2.24) is 9.97 Å². The zero-order valence-corrected chi connectivity index (χ0v) is 9.25. The SMILES string of the molecule is COc1cncc(-c2cccc(C(N)=O)c2)n1. The van der Waals surface area contributed by atoms with Gasteiger partial charge in [-0.05, 0) is 12.1 Å². The van der Waals surface area contributed by atoms with Gasteiger partial charge in [0.2, 0.25) is 11.8 Å². The van der Waals surface area contributed by atoms with Gasteiger partial charge < -0.3 is 10.5 Å². The Hall–Kier alpha value is -2.43. The first-order valence-electron chi connectivity index (χ1n) is 4.97. The van der Waals surface area contributed by atoms with Crippen LogP contribution in [0.5, 0.6) is 5.88 Å². The van der Waals surface area contributed by atoms with Gasteiger partial charge in [0, 0.05) is 11.1 Å². The Labute approximate surface area is 98.3 Å². The van der Waals surface area contributed by atoms with Crippen LogP contribution in [0.15, 0.2) is 36.7 Å². The van der Waals surface area contributed by atoms with Gasteiger partial charge in [0.05, 0.1) is 25.2 Å². The number of amides is 1. The van der Waals surface area contributed by atoms with Crippen LogP contribution in [0.4, 0.5) is 0 Å². The van der Waals surface area contributed by atoms with Gasteiger partial charge in [0.1, 0.15) is 0 Å². The van der Waals surface area contributed by atoms with Gasteiger partial charge in [-0.15, -0.1) is 0 Å². The van der Waals surface area contributed by atoms with Crippen molar-refractivity contribution in [2.45, 2.75) is 0 Å². The molecule has 0 radical (unpaired) electrons. The molecule has 0 saturated carbocycles. The maximum Gasteiger partial charge on any atom is 0.248 e. The molecule has 17 heavy (non-hydrogen) atoms. The number of primary amides is 1. The molecule has 0 aliphatic heterocycles. The van der Waals surface area contributed by atoms with Crippen LogP contribution in [0.1, 0.15) is 10.4 Å². The van der Waals surface area contributed by atoms with Gasteiger partial charge in [-0.3, -0.25) is 9.78 Å². The number of nitrogens with zero attached hydrogens (tertiary/aromatic N) is 2. The summed E-state index contributed by atoms with van der Waals surface area (Å²) in [5, 5.41) is 0. The van der Waals surface area contributed by atoms with Crippen LogP contribution in [-0.2, 0) is 0 Å². The fraction of sp³-hybridized carbons (Fsp3) is 0.0833. The van der Waals surface area contributed by atoms with Crippen LogP contribution in [0.25, 0.3) is 11.3 Å². The van der Waals surface area contributed by atoms with Crippen molar-refractivity contribution in [2.24, 2.45) is 5.73 Å². The van der Waals surface area contributed by atoms with Crippen molar-refractivity contribution in [2.75, 3.05) is 7.11 Å². The van der Waals surface area contributed by atoms with Gasteiger partial charge in [-0.1, -0.05) is 12.1 Å². The zero-order valence-electron chi connectivity index (χ0n) is 9.25.